The number of nitrogens with zero attached hydrogens (tertiary/aromatic N) is 2. The second kappa shape index (κ2) is 7.03. The van der Waals surface area contributed by atoms with Crippen molar-refractivity contribution in [3.63, 3.8) is 0 Å². The van der Waals surface area contributed by atoms with Gasteiger partial charge in [-0.3, -0.25) is 0 Å². The topological polar surface area (TPSA) is 42.4 Å². The van der Waals surface area contributed by atoms with Gasteiger partial charge in [0.2, 0.25) is 0 Å². The number of thiazole rings is 1. The molecule has 2 heterocycles. The Balaban J connectivity index is 1.79. The maximum atomic E-state index is 12.3. The van der Waals surface area contributed by atoms with Crippen molar-refractivity contribution >= 4 is 17.3 Å². The number of carbonyl (C=O) groups is 1. The maximum Gasteiger partial charge on any atom is 0.330 e. The van der Waals surface area contributed by atoms with Crippen LogP contribution in [0.15, 0.2) is 35.7 Å². The lowest BCUT2D eigenvalue weighted by molar-refractivity contribution is -0.218. The van der Waals surface area contributed by atoms with E-state index in [1.807, 2.05) is 44.0 Å². The minimum absolute atomic E-state index is 0.0625. The fourth-order valence-electron chi connectivity index (χ4n) is 2.69. The molecule has 3 rings (SSSR count). The van der Waals surface area contributed by atoms with Crippen molar-refractivity contribution in [1.29, 1.82) is 0 Å². The number of aromatic nitrogens is 1. The Bertz CT molecular complexity index is 691. The molecule has 5 heteroatoms. The molecule has 1 fully saturated rings. The Morgan fingerprint density at radius 3 is 2.71 bits per heavy atom. The number of rotatable bonds is 3. The molecule has 1 aliphatic rings. The van der Waals surface area contributed by atoms with Gasteiger partial charge in [-0.2, -0.15) is 0 Å². The number of hydrogen-bond acceptors (Lipinski definition) is 5. The average molecular weight is 344 g/mol. The summed E-state index contributed by atoms with van der Waals surface area (Å²) in [4.78, 5) is 22.8. The lowest BCUT2D eigenvalue weighted by atomic mass is 9.97. The maximum absolute atomic E-state index is 12.3. The summed E-state index contributed by atoms with van der Waals surface area (Å²) in [5.41, 5.74) is 1.61. The number of hydrogen-bond donors (Lipinski definition) is 0. The van der Waals surface area contributed by atoms with E-state index in [9.17, 15) is 4.79 Å². The Morgan fingerprint density at radius 1 is 1.25 bits per heavy atom. The summed E-state index contributed by atoms with van der Waals surface area (Å²) in [5, 5.41) is 4.95. The van der Waals surface area contributed by atoms with Crippen LogP contribution in [0.1, 0.15) is 51.1 Å². The third kappa shape index (κ3) is 3.84. The average Bonchev–Trinajstić information content (AvgIpc) is 3.05. The Morgan fingerprint density at radius 2 is 2.00 bits per heavy atom. The molecule has 1 saturated heterocycles. The van der Waals surface area contributed by atoms with Gasteiger partial charge in [-0.05, 0) is 40.0 Å². The van der Waals surface area contributed by atoms with Gasteiger partial charge < -0.3 is 4.84 Å². The molecule has 24 heavy (non-hydrogen) atoms. The van der Waals surface area contributed by atoms with Crippen LogP contribution < -0.4 is 0 Å². The fraction of sp³-hybridized carbons (Fsp3) is 0.474. The van der Waals surface area contributed by atoms with E-state index in [4.69, 9.17) is 9.82 Å². The molecular formula is C19H24N2O2S. The van der Waals surface area contributed by atoms with E-state index >= 15 is 0 Å². The van der Waals surface area contributed by atoms with Crippen molar-refractivity contribution in [2.75, 3.05) is 6.54 Å². The second-order valence-corrected chi connectivity index (χ2v) is 8.11. The first kappa shape index (κ1) is 17.1. The molecule has 0 amide bonds. The van der Waals surface area contributed by atoms with Crippen LogP contribution in [-0.4, -0.2) is 22.6 Å². The first-order chi connectivity index (χ1) is 11.4. The van der Waals surface area contributed by atoms with Gasteiger partial charge in [0.15, 0.2) is 0 Å². The molecule has 1 atom stereocenters. The van der Waals surface area contributed by atoms with Gasteiger partial charge in [-0.1, -0.05) is 30.3 Å². The Kier molecular flexibility index (Phi) is 5.01. The predicted octanol–water partition coefficient (Wildman–Crippen LogP) is 4.84. The molecule has 2 aromatic rings. The predicted molar refractivity (Wildman–Crippen MR) is 96.4 cm³/mol. The van der Waals surface area contributed by atoms with Crippen molar-refractivity contribution in [2.45, 2.75) is 46.1 Å². The lowest BCUT2D eigenvalue weighted by Crippen LogP contribution is -2.38. The summed E-state index contributed by atoms with van der Waals surface area (Å²) in [6.07, 6.45) is 3.15. The number of hydroxylamine groups is 2. The van der Waals surface area contributed by atoms with Crippen molar-refractivity contribution in [3.05, 3.63) is 40.7 Å². The third-order valence-corrected chi connectivity index (χ3v) is 5.09. The van der Waals surface area contributed by atoms with E-state index in [0.29, 0.717) is 0 Å². The van der Waals surface area contributed by atoms with Crippen LogP contribution in [0.4, 0.5) is 0 Å². The summed E-state index contributed by atoms with van der Waals surface area (Å²) in [7, 11) is 0. The zero-order valence-corrected chi connectivity index (χ0v) is 15.3. The molecule has 0 bridgehead atoms. The fourth-order valence-corrected chi connectivity index (χ4v) is 3.65. The van der Waals surface area contributed by atoms with Crippen LogP contribution in [-0.2, 0) is 9.63 Å². The lowest BCUT2D eigenvalue weighted by Gasteiger charge is -2.34. The van der Waals surface area contributed by atoms with Crippen molar-refractivity contribution < 1.29 is 9.63 Å². The van der Waals surface area contributed by atoms with Crippen LogP contribution in [0, 0.1) is 5.41 Å². The van der Waals surface area contributed by atoms with E-state index in [1.54, 1.807) is 11.3 Å². The highest BCUT2D eigenvalue weighted by atomic mass is 32.1. The highest BCUT2D eigenvalue weighted by molar-refractivity contribution is 7.10. The Hall–Kier alpha value is -1.72. The van der Waals surface area contributed by atoms with E-state index in [-0.39, 0.29) is 12.0 Å². The van der Waals surface area contributed by atoms with Gasteiger partial charge in [-0.15, -0.1) is 16.4 Å². The highest BCUT2D eigenvalue weighted by Gasteiger charge is 2.33. The standard InChI is InChI=1S/C19H24N2O2S/c1-19(2,3)18(22)23-21-12-8-7-11-16(21)17-20-15(13-24-17)14-9-5-4-6-10-14/h4-6,9-10,13,16H,7-8,11-12H2,1-3H3/t16-/m1/s1. The summed E-state index contributed by atoms with van der Waals surface area (Å²) in [5.74, 6) is -0.186. The third-order valence-electron chi connectivity index (χ3n) is 4.14. The van der Waals surface area contributed by atoms with Gasteiger partial charge in [0.05, 0.1) is 17.2 Å². The first-order valence-electron chi connectivity index (χ1n) is 8.45. The van der Waals surface area contributed by atoms with Gasteiger partial charge in [0.1, 0.15) is 5.01 Å². The summed E-state index contributed by atoms with van der Waals surface area (Å²) in [6.45, 7) is 6.41. The number of piperidine rings is 1. The minimum Gasteiger partial charge on any atom is -0.367 e. The molecule has 0 saturated carbocycles. The molecule has 4 nitrogen and oxygen atoms in total. The minimum atomic E-state index is -0.500. The molecule has 0 radical (unpaired) electrons. The molecule has 1 aromatic carbocycles. The highest BCUT2D eigenvalue weighted by Crippen LogP contribution is 2.35. The van der Waals surface area contributed by atoms with Crippen LogP contribution in [0.25, 0.3) is 11.3 Å². The van der Waals surface area contributed by atoms with E-state index in [2.05, 4.69) is 17.5 Å². The normalized spacial score (nSPS) is 19.2. The van der Waals surface area contributed by atoms with Crippen LogP contribution in [0.2, 0.25) is 0 Å². The monoisotopic (exact) mass is 344 g/mol. The quantitative estimate of drug-likeness (QED) is 0.799. The zero-order chi connectivity index (χ0) is 17.2. The second-order valence-electron chi connectivity index (χ2n) is 7.22. The van der Waals surface area contributed by atoms with Crippen LogP contribution in [0.5, 0.6) is 0 Å². The largest absolute Gasteiger partial charge is 0.367 e. The molecule has 1 aromatic heterocycles. The molecule has 0 N–H and O–H groups in total. The molecule has 128 valence electrons. The molecular weight excluding hydrogens is 320 g/mol. The molecule has 0 spiro atoms. The summed E-state index contributed by atoms with van der Waals surface area (Å²) < 4.78 is 0. The molecule has 1 aliphatic heterocycles. The van der Waals surface area contributed by atoms with Crippen LogP contribution in [0.3, 0.4) is 0 Å². The molecule has 0 aliphatic carbocycles. The first-order valence-corrected chi connectivity index (χ1v) is 9.33. The SMILES string of the molecule is CC(C)(C)C(=O)ON1CCCC[C@@H]1c1nc(-c2ccccc2)cs1. The van der Waals surface area contributed by atoms with E-state index in [1.165, 1.54) is 0 Å². The summed E-state index contributed by atoms with van der Waals surface area (Å²) in [6, 6.07) is 10.2. The van der Waals surface area contributed by atoms with Crippen LogP contribution >= 0.6 is 11.3 Å². The van der Waals surface area contributed by atoms with Gasteiger partial charge >= 0.3 is 5.97 Å². The van der Waals surface area contributed by atoms with Gasteiger partial charge in [0, 0.05) is 17.5 Å². The van der Waals surface area contributed by atoms with Gasteiger partial charge in [0.25, 0.3) is 0 Å². The van der Waals surface area contributed by atoms with Crippen molar-refractivity contribution in [1.82, 2.24) is 10.0 Å². The van der Waals surface area contributed by atoms with E-state index in [0.717, 1.165) is 42.1 Å². The zero-order valence-electron chi connectivity index (χ0n) is 14.5. The van der Waals surface area contributed by atoms with Gasteiger partial charge in [-0.25, -0.2) is 9.78 Å². The van der Waals surface area contributed by atoms with Crippen molar-refractivity contribution in [2.24, 2.45) is 5.41 Å². The molecule has 0 unspecified atom stereocenters. The van der Waals surface area contributed by atoms with E-state index < -0.39 is 5.41 Å². The summed E-state index contributed by atoms with van der Waals surface area (Å²) >= 11 is 1.65. The number of benzene rings is 1. The Labute approximate surface area is 147 Å². The number of carbonyl (C=O) groups excluding carboxylic acids is 1. The smallest absolute Gasteiger partial charge is 0.330 e. The van der Waals surface area contributed by atoms with Crippen molar-refractivity contribution in [3.8, 4) is 11.3 Å².